The van der Waals surface area contributed by atoms with Gasteiger partial charge < -0.3 is 15.4 Å². The first-order valence-corrected chi connectivity index (χ1v) is 7.52. The molecule has 20 heavy (non-hydrogen) atoms. The van der Waals surface area contributed by atoms with Crippen LogP contribution in [0, 0.1) is 11.3 Å². The van der Waals surface area contributed by atoms with Crippen molar-refractivity contribution in [2.24, 2.45) is 17.1 Å². The fourth-order valence-corrected chi connectivity index (χ4v) is 3.13. The Morgan fingerprint density at radius 2 is 2.05 bits per heavy atom. The van der Waals surface area contributed by atoms with Gasteiger partial charge in [0.2, 0.25) is 0 Å². The molecule has 0 saturated carbocycles. The zero-order chi connectivity index (χ0) is 14.9. The van der Waals surface area contributed by atoms with Gasteiger partial charge in [-0.15, -0.1) is 0 Å². The minimum Gasteiger partial charge on any atom is -0.496 e. The SMILES string of the molecule is COc1cccc(N2CCC(C(C)(C)C)C2)c1[C@H](C)N. The molecule has 0 amide bonds. The van der Waals surface area contributed by atoms with Gasteiger partial charge in [0, 0.05) is 30.4 Å². The van der Waals surface area contributed by atoms with Gasteiger partial charge in [-0.3, -0.25) is 0 Å². The van der Waals surface area contributed by atoms with E-state index in [0.717, 1.165) is 30.3 Å². The van der Waals surface area contributed by atoms with Crippen LogP contribution in [0.5, 0.6) is 5.75 Å². The first-order chi connectivity index (χ1) is 9.34. The number of benzene rings is 1. The van der Waals surface area contributed by atoms with Gasteiger partial charge in [0.05, 0.1) is 7.11 Å². The molecule has 3 nitrogen and oxygen atoms in total. The van der Waals surface area contributed by atoms with Crippen molar-refractivity contribution in [2.75, 3.05) is 25.1 Å². The number of hydrogen-bond donors (Lipinski definition) is 1. The molecule has 0 aliphatic carbocycles. The average Bonchev–Trinajstić information content (AvgIpc) is 2.86. The molecule has 0 spiro atoms. The fraction of sp³-hybridized carbons (Fsp3) is 0.647. The monoisotopic (exact) mass is 276 g/mol. The van der Waals surface area contributed by atoms with Crippen LogP contribution in [-0.4, -0.2) is 20.2 Å². The molecule has 0 aromatic heterocycles. The third-order valence-corrected chi connectivity index (χ3v) is 4.47. The average molecular weight is 276 g/mol. The van der Waals surface area contributed by atoms with Gasteiger partial charge in [-0.25, -0.2) is 0 Å². The van der Waals surface area contributed by atoms with Crippen LogP contribution in [0.4, 0.5) is 5.69 Å². The molecule has 1 fully saturated rings. The van der Waals surface area contributed by atoms with E-state index in [-0.39, 0.29) is 6.04 Å². The maximum absolute atomic E-state index is 6.17. The highest BCUT2D eigenvalue weighted by atomic mass is 16.5. The van der Waals surface area contributed by atoms with E-state index in [0.29, 0.717) is 5.41 Å². The van der Waals surface area contributed by atoms with Crippen molar-refractivity contribution in [1.29, 1.82) is 0 Å². The van der Waals surface area contributed by atoms with Crippen LogP contribution in [0.1, 0.15) is 45.7 Å². The second-order valence-corrected chi connectivity index (χ2v) is 6.98. The van der Waals surface area contributed by atoms with E-state index in [2.05, 4.69) is 37.8 Å². The molecule has 2 N–H and O–H groups in total. The molecule has 2 atom stereocenters. The topological polar surface area (TPSA) is 38.5 Å². The van der Waals surface area contributed by atoms with Crippen molar-refractivity contribution in [2.45, 2.75) is 40.2 Å². The summed E-state index contributed by atoms with van der Waals surface area (Å²) in [5.41, 5.74) is 8.91. The standard InChI is InChI=1S/C17H28N2O/c1-12(18)16-14(7-6-8-15(16)20-5)19-10-9-13(11-19)17(2,3)4/h6-8,12-13H,9-11,18H2,1-5H3/t12-,13?/m0/s1. The number of hydrogen-bond acceptors (Lipinski definition) is 3. The van der Waals surface area contributed by atoms with Gasteiger partial charge in [-0.2, -0.15) is 0 Å². The van der Waals surface area contributed by atoms with Crippen molar-refractivity contribution < 1.29 is 4.74 Å². The van der Waals surface area contributed by atoms with E-state index in [9.17, 15) is 0 Å². The zero-order valence-corrected chi connectivity index (χ0v) is 13.4. The Hall–Kier alpha value is -1.22. The molecule has 1 aliphatic heterocycles. The first kappa shape index (κ1) is 15.2. The van der Waals surface area contributed by atoms with Gasteiger partial charge >= 0.3 is 0 Å². The number of rotatable bonds is 3. The second kappa shape index (κ2) is 5.65. The van der Waals surface area contributed by atoms with Crippen LogP contribution in [-0.2, 0) is 0 Å². The van der Waals surface area contributed by atoms with Crippen molar-refractivity contribution in [3.8, 4) is 5.75 Å². The van der Waals surface area contributed by atoms with E-state index < -0.39 is 0 Å². The van der Waals surface area contributed by atoms with Crippen molar-refractivity contribution in [1.82, 2.24) is 0 Å². The van der Waals surface area contributed by atoms with Crippen LogP contribution in [0.3, 0.4) is 0 Å². The quantitative estimate of drug-likeness (QED) is 0.917. The van der Waals surface area contributed by atoms with Gasteiger partial charge in [0.15, 0.2) is 0 Å². The Kier molecular flexibility index (Phi) is 4.28. The van der Waals surface area contributed by atoms with Crippen LogP contribution >= 0.6 is 0 Å². The van der Waals surface area contributed by atoms with E-state index in [1.165, 1.54) is 12.1 Å². The maximum Gasteiger partial charge on any atom is 0.125 e. The molecule has 0 bridgehead atoms. The summed E-state index contributed by atoms with van der Waals surface area (Å²) in [6.45, 7) is 11.2. The Labute approximate surface area is 123 Å². The van der Waals surface area contributed by atoms with Gasteiger partial charge in [0.25, 0.3) is 0 Å². The van der Waals surface area contributed by atoms with E-state index in [1.54, 1.807) is 7.11 Å². The van der Waals surface area contributed by atoms with Crippen LogP contribution in [0.25, 0.3) is 0 Å². The molecule has 1 aromatic carbocycles. The predicted molar refractivity (Wildman–Crippen MR) is 85.4 cm³/mol. The number of nitrogens with zero attached hydrogens (tertiary/aromatic N) is 1. The summed E-state index contributed by atoms with van der Waals surface area (Å²) in [6, 6.07) is 6.21. The molecule has 112 valence electrons. The molecular weight excluding hydrogens is 248 g/mol. The van der Waals surface area contributed by atoms with Gasteiger partial charge in [-0.05, 0) is 36.8 Å². The normalized spacial score (nSPS) is 21.1. The number of ether oxygens (including phenoxy) is 1. The highest BCUT2D eigenvalue weighted by molar-refractivity contribution is 5.61. The highest BCUT2D eigenvalue weighted by Gasteiger charge is 2.33. The Bertz CT molecular complexity index is 463. The summed E-state index contributed by atoms with van der Waals surface area (Å²) >= 11 is 0. The maximum atomic E-state index is 6.17. The Morgan fingerprint density at radius 3 is 2.55 bits per heavy atom. The molecule has 1 heterocycles. The van der Waals surface area contributed by atoms with Crippen LogP contribution in [0.15, 0.2) is 18.2 Å². The molecule has 3 heteroatoms. The summed E-state index contributed by atoms with van der Waals surface area (Å²) in [7, 11) is 1.72. The van der Waals surface area contributed by atoms with E-state index >= 15 is 0 Å². The van der Waals surface area contributed by atoms with Crippen molar-refractivity contribution >= 4 is 5.69 Å². The van der Waals surface area contributed by atoms with Crippen molar-refractivity contribution in [3.05, 3.63) is 23.8 Å². The number of methoxy groups -OCH3 is 1. The minimum atomic E-state index is -0.0187. The molecule has 1 aliphatic rings. The summed E-state index contributed by atoms with van der Waals surface area (Å²) in [4.78, 5) is 2.47. The number of nitrogens with two attached hydrogens (primary N) is 1. The second-order valence-electron chi connectivity index (χ2n) is 6.98. The lowest BCUT2D eigenvalue weighted by Crippen LogP contribution is -2.27. The van der Waals surface area contributed by atoms with E-state index in [1.807, 2.05) is 13.0 Å². The van der Waals surface area contributed by atoms with Crippen molar-refractivity contribution in [3.63, 3.8) is 0 Å². The Morgan fingerprint density at radius 1 is 1.35 bits per heavy atom. The minimum absolute atomic E-state index is 0.0187. The summed E-state index contributed by atoms with van der Waals surface area (Å²) in [6.07, 6.45) is 1.25. The predicted octanol–water partition coefficient (Wildman–Crippen LogP) is 3.59. The molecule has 1 saturated heterocycles. The largest absolute Gasteiger partial charge is 0.496 e. The van der Waals surface area contributed by atoms with E-state index in [4.69, 9.17) is 10.5 Å². The fourth-order valence-electron chi connectivity index (χ4n) is 3.13. The lowest BCUT2D eigenvalue weighted by molar-refractivity contribution is 0.263. The lowest BCUT2D eigenvalue weighted by Gasteiger charge is -2.29. The smallest absolute Gasteiger partial charge is 0.125 e. The molecule has 1 aromatic rings. The van der Waals surface area contributed by atoms with Gasteiger partial charge in [-0.1, -0.05) is 26.8 Å². The van der Waals surface area contributed by atoms with Crippen LogP contribution < -0.4 is 15.4 Å². The number of anilines is 1. The highest BCUT2D eigenvalue weighted by Crippen LogP contribution is 2.39. The zero-order valence-electron chi connectivity index (χ0n) is 13.4. The first-order valence-electron chi connectivity index (χ1n) is 7.52. The third-order valence-electron chi connectivity index (χ3n) is 4.47. The molecule has 1 unspecified atom stereocenters. The summed E-state index contributed by atoms with van der Waals surface area (Å²) < 4.78 is 5.49. The summed E-state index contributed by atoms with van der Waals surface area (Å²) in [5, 5.41) is 0. The molecule has 2 rings (SSSR count). The van der Waals surface area contributed by atoms with Crippen LogP contribution in [0.2, 0.25) is 0 Å². The third kappa shape index (κ3) is 2.93. The molecular formula is C17H28N2O. The summed E-state index contributed by atoms with van der Waals surface area (Å²) in [5.74, 6) is 1.63. The Balaban J connectivity index is 2.30. The molecule has 0 radical (unpaired) electrons. The van der Waals surface area contributed by atoms with Gasteiger partial charge in [0.1, 0.15) is 5.75 Å². The lowest BCUT2D eigenvalue weighted by atomic mass is 9.80.